The van der Waals surface area contributed by atoms with Crippen molar-refractivity contribution in [1.29, 1.82) is 0 Å². The van der Waals surface area contributed by atoms with Gasteiger partial charge in [-0.25, -0.2) is 9.67 Å². The van der Waals surface area contributed by atoms with E-state index in [0.29, 0.717) is 12.1 Å². The van der Waals surface area contributed by atoms with Gasteiger partial charge in [-0.15, -0.1) is 11.3 Å². The molecule has 0 unspecified atom stereocenters. The molecule has 2 aromatic carbocycles. The molecule has 0 amide bonds. The van der Waals surface area contributed by atoms with Gasteiger partial charge in [-0.1, -0.05) is 42.0 Å². The first-order chi connectivity index (χ1) is 15.0. The summed E-state index contributed by atoms with van der Waals surface area (Å²) >= 11 is 1.63. The molecule has 5 aromatic rings. The third-order valence-corrected chi connectivity index (χ3v) is 6.59. The van der Waals surface area contributed by atoms with Crippen LogP contribution in [-0.4, -0.2) is 26.4 Å². The molecule has 5 rings (SSSR count). The summed E-state index contributed by atoms with van der Waals surface area (Å²) in [5.41, 5.74) is 4.78. The Balaban J connectivity index is 1.53. The maximum absolute atomic E-state index is 13.2. The molecule has 0 saturated heterocycles. The van der Waals surface area contributed by atoms with Gasteiger partial charge in [-0.3, -0.25) is 4.79 Å². The number of ether oxygens (including phenoxy) is 1. The number of rotatable bonds is 5. The Kier molecular flexibility index (Phi) is 4.82. The van der Waals surface area contributed by atoms with Crippen LogP contribution in [0.1, 0.15) is 21.7 Å². The zero-order chi connectivity index (χ0) is 21.5. The predicted molar refractivity (Wildman–Crippen MR) is 124 cm³/mol. The lowest BCUT2D eigenvalue weighted by Crippen LogP contribution is -2.24. The largest absolute Gasteiger partial charge is 0.497 e. The number of hydrogen-bond acceptors (Lipinski definition) is 5. The Hall–Kier alpha value is -3.45. The Bertz CT molecular complexity index is 1460. The van der Waals surface area contributed by atoms with Crippen molar-refractivity contribution in [1.82, 2.24) is 19.3 Å². The molecule has 31 heavy (non-hydrogen) atoms. The first-order valence-corrected chi connectivity index (χ1v) is 10.9. The van der Waals surface area contributed by atoms with Gasteiger partial charge < -0.3 is 9.30 Å². The Morgan fingerprint density at radius 3 is 2.68 bits per heavy atom. The fourth-order valence-corrected chi connectivity index (χ4v) is 4.98. The molecule has 0 atom stereocenters. The summed E-state index contributed by atoms with van der Waals surface area (Å²) in [4.78, 5) is 18.0. The van der Waals surface area contributed by atoms with Crippen LogP contribution in [0, 0.1) is 6.92 Å². The summed E-state index contributed by atoms with van der Waals surface area (Å²) in [6.45, 7) is 2.47. The van der Waals surface area contributed by atoms with Crippen LogP contribution in [0.4, 0.5) is 0 Å². The van der Waals surface area contributed by atoms with Crippen molar-refractivity contribution in [2.24, 2.45) is 7.05 Å². The molecule has 0 aliphatic heterocycles. The van der Waals surface area contributed by atoms with Crippen LogP contribution in [0.5, 0.6) is 5.75 Å². The average molecular weight is 431 g/mol. The van der Waals surface area contributed by atoms with Crippen LogP contribution in [0.2, 0.25) is 0 Å². The third-order valence-electron chi connectivity index (χ3n) is 5.51. The van der Waals surface area contributed by atoms with Crippen molar-refractivity contribution >= 4 is 32.6 Å². The van der Waals surface area contributed by atoms with Crippen molar-refractivity contribution in [3.8, 4) is 5.75 Å². The number of nitrogens with zero attached hydrogens (tertiary/aromatic N) is 4. The molecule has 3 heterocycles. The summed E-state index contributed by atoms with van der Waals surface area (Å²) in [5.74, 6) is 0.760. The second-order valence-corrected chi connectivity index (χ2v) is 8.79. The molecule has 0 N–H and O–H groups in total. The van der Waals surface area contributed by atoms with Gasteiger partial charge in [0.25, 0.3) is 5.56 Å². The number of methoxy groups -OCH3 is 1. The van der Waals surface area contributed by atoms with E-state index in [1.54, 1.807) is 24.6 Å². The van der Waals surface area contributed by atoms with Gasteiger partial charge in [0.05, 0.1) is 24.6 Å². The molecular weight excluding hydrogens is 408 g/mol. The summed E-state index contributed by atoms with van der Waals surface area (Å²) in [6.07, 6.45) is 2.56. The van der Waals surface area contributed by atoms with E-state index in [1.807, 2.05) is 35.9 Å². The predicted octanol–water partition coefficient (Wildman–Crippen LogP) is 4.30. The van der Waals surface area contributed by atoms with Crippen LogP contribution < -0.4 is 10.3 Å². The monoisotopic (exact) mass is 430 g/mol. The number of aromatic nitrogens is 4. The molecular formula is C24H22N4O2S. The van der Waals surface area contributed by atoms with Crippen molar-refractivity contribution in [3.63, 3.8) is 0 Å². The molecule has 6 nitrogen and oxygen atoms in total. The topological polar surface area (TPSA) is 61.9 Å². The quantitative estimate of drug-likeness (QED) is 0.417. The summed E-state index contributed by atoms with van der Waals surface area (Å²) < 4.78 is 9.68. The molecule has 7 heteroatoms. The lowest BCUT2D eigenvalue weighted by molar-refractivity contribution is 0.414. The summed E-state index contributed by atoms with van der Waals surface area (Å²) in [7, 11) is 3.53. The SMILES string of the molecule is COc1cccc(Cn2ncc3c4sc(Cc5ccc(C)cc5)nc4n(C)c3c2=O)c1. The fraction of sp³-hybridized carbons (Fsp3) is 0.208. The molecule has 0 saturated carbocycles. The first kappa shape index (κ1) is 19.5. The molecule has 3 aromatic heterocycles. The van der Waals surface area contributed by atoms with E-state index >= 15 is 0 Å². The molecule has 0 aliphatic carbocycles. The summed E-state index contributed by atoms with van der Waals surface area (Å²) in [6, 6.07) is 16.2. The van der Waals surface area contributed by atoms with Gasteiger partial charge in [0.15, 0.2) is 5.65 Å². The molecule has 156 valence electrons. The van der Waals surface area contributed by atoms with E-state index in [9.17, 15) is 4.79 Å². The van der Waals surface area contributed by atoms with E-state index < -0.39 is 0 Å². The van der Waals surface area contributed by atoms with Gasteiger partial charge >= 0.3 is 0 Å². The van der Waals surface area contributed by atoms with Crippen LogP contribution in [-0.2, 0) is 20.0 Å². The minimum Gasteiger partial charge on any atom is -0.497 e. The zero-order valence-electron chi connectivity index (χ0n) is 17.6. The van der Waals surface area contributed by atoms with Gasteiger partial charge in [-0.05, 0) is 30.2 Å². The van der Waals surface area contributed by atoms with Crippen molar-refractivity contribution in [3.05, 3.63) is 86.8 Å². The van der Waals surface area contributed by atoms with Crippen LogP contribution in [0.25, 0.3) is 21.3 Å². The van der Waals surface area contributed by atoms with E-state index in [2.05, 4.69) is 36.3 Å². The molecule has 0 bridgehead atoms. The number of aryl methyl sites for hydroxylation is 2. The van der Waals surface area contributed by atoms with E-state index in [4.69, 9.17) is 9.72 Å². The van der Waals surface area contributed by atoms with E-state index in [-0.39, 0.29) is 5.56 Å². The van der Waals surface area contributed by atoms with Crippen LogP contribution >= 0.6 is 11.3 Å². The van der Waals surface area contributed by atoms with Gasteiger partial charge in [0.2, 0.25) is 0 Å². The van der Waals surface area contributed by atoms with E-state index in [0.717, 1.165) is 38.5 Å². The Morgan fingerprint density at radius 1 is 1.10 bits per heavy atom. The first-order valence-electron chi connectivity index (χ1n) is 10.1. The van der Waals surface area contributed by atoms with Gasteiger partial charge in [0.1, 0.15) is 16.3 Å². The smallest absolute Gasteiger partial charge is 0.291 e. The second kappa shape index (κ2) is 7.67. The lowest BCUT2D eigenvalue weighted by Gasteiger charge is -2.07. The van der Waals surface area contributed by atoms with Crippen LogP contribution in [0.15, 0.2) is 59.5 Å². The van der Waals surface area contributed by atoms with Crippen molar-refractivity contribution in [2.75, 3.05) is 7.11 Å². The Morgan fingerprint density at radius 2 is 1.90 bits per heavy atom. The van der Waals surface area contributed by atoms with Crippen LogP contribution in [0.3, 0.4) is 0 Å². The molecule has 0 fully saturated rings. The number of hydrogen-bond donors (Lipinski definition) is 0. The summed E-state index contributed by atoms with van der Waals surface area (Å²) in [5, 5.41) is 6.35. The lowest BCUT2D eigenvalue weighted by atomic mass is 10.1. The molecule has 0 radical (unpaired) electrons. The zero-order valence-corrected chi connectivity index (χ0v) is 18.4. The number of thiazole rings is 1. The standard InChI is InChI=1S/C24H22N4O2S/c1-15-7-9-16(10-8-15)12-20-26-23-22(31-20)19-13-25-28(24(29)21(19)27(23)2)14-17-5-4-6-18(11-17)30-3/h4-11,13H,12,14H2,1-3H3. The number of benzene rings is 2. The Labute approximate surface area is 183 Å². The minimum atomic E-state index is -0.117. The average Bonchev–Trinajstić information content (AvgIpc) is 3.30. The third kappa shape index (κ3) is 3.51. The molecule has 0 spiro atoms. The minimum absolute atomic E-state index is 0.117. The maximum atomic E-state index is 13.2. The highest BCUT2D eigenvalue weighted by atomic mass is 32.1. The highest BCUT2D eigenvalue weighted by Crippen LogP contribution is 2.31. The van der Waals surface area contributed by atoms with E-state index in [1.165, 1.54) is 15.8 Å². The maximum Gasteiger partial charge on any atom is 0.291 e. The number of fused-ring (bicyclic) bond motifs is 3. The molecule has 0 aliphatic rings. The highest BCUT2D eigenvalue weighted by Gasteiger charge is 2.18. The van der Waals surface area contributed by atoms with Gasteiger partial charge in [0, 0.05) is 18.9 Å². The second-order valence-electron chi connectivity index (χ2n) is 7.70. The highest BCUT2D eigenvalue weighted by molar-refractivity contribution is 7.19. The van der Waals surface area contributed by atoms with Crippen molar-refractivity contribution < 1.29 is 4.74 Å². The normalized spacial score (nSPS) is 11.5. The van der Waals surface area contributed by atoms with Crippen molar-refractivity contribution in [2.45, 2.75) is 19.9 Å². The van der Waals surface area contributed by atoms with Gasteiger partial charge in [-0.2, -0.15) is 5.10 Å². The fourth-order valence-electron chi connectivity index (χ4n) is 3.85.